The molecule has 0 saturated heterocycles. The average molecular weight is 359 g/mol. The summed E-state index contributed by atoms with van der Waals surface area (Å²) in [5.74, 6) is 0. The highest BCUT2D eigenvalue weighted by Gasteiger charge is 2.07. The number of rotatable bonds is 4. The number of hydrogen-bond acceptors (Lipinski definition) is 1. The fourth-order valence-electron chi connectivity index (χ4n) is 1.90. The number of hydrogen-bond donors (Lipinski definition) is 1. The summed E-state index contributed by atoms with van der Waals surface area (Å²) in [6, 6.07) is 14.0. The normalized spacial score (nSPS) is 12.2. The molecule has 19 heavy (non-hydrogen) atoms. The van der Waals surface area contributed by atoms with Crippen LogP contribution in [0.2, 0.25) is 10.0 Å². The number of benzene rings is 2. The highest BCUT2D eigenvalue weighted by molar-refractivity contribution is 9.10. The Morgan fingerprint density at radius 2 is 1.68 bits per heavy atom. The Labute approximate surface area is 132 Å². The van der Waals surface area contributed by atoms with Crippen LogP contribution in [0, 0.1) is 0 Å². The van der Waals surface area contributed by atoms with E-state index in [2.05, 4.69) is 28.2 Å². The summed E-state index contributed by atoms with van der Waals surface area (Å²) in [7, 11) is 0. The zero-order valence-electron chi connectivity index (χ0n) is 10.5. The fourth-order valence-corrected chi connectivity index (χ4v) is 2.56. The standard InChI is InChI=1S/C15H14BrCl2N/c1-10(8-11-2-4-12(17)5-3-11)19-15-9-13(18)6-7-14(15)16/h2-7,9-10,19H,8H2,1H3. The largest absolute Gasteiger partial charge is 0.381 e. The Kier molecular flexibility index (Phi) is 5.14. The van der Waals surface area contributed by atoms with Crippen LogP contribution in [0.4, 0.5) is 5.69 Å². The van der Waals surface area contributed by atoms with Gasteiger partial charge in [0.15, 0.2) is 0 Å². The van der Waals surface area contributed by atoms with Gasteiger partial charge in [0.1, 0.15) is 0 Å². The molecule has 1 atom stereocenters. The second kappa shape index (κ2) is 6.65. The molecule has 0 aliphatic carbocycles. The van der Waals surface area contributed by atoms with Gasteiger partial charge in [-0.2, -0.15) is 0 Å². The average Bonchev–Trinajstić information content (AvgIpc) is 2.37. The highest BCUT2D eigenvalue weighted by Crippen LogP contribution is 2.26. The van der Waals surface area contributed by atoms with Crippen molar-refractivity contribution >= 4 is 44.8 Å². The van der Waals surface area contributed by atoms with Gasteiger partial charge < -0.3 is 5.32 Å². The summed E-state index contributed by atoms with van der Waals surface area (Å²) in [5.41, 5.74) is 2.26. The lowest BCUT2D eigenvalue weighted by Gasteiger charge is -2.17. The molecule has 0 fully saturated rings. The minimum absolute atomic E-state index is 0.302. The zero-order chi connectivity index (χ0) is 13.8. The minimum Gasteiger partial charge on any atom is -0.381 e. The van der Waals surface area contributed by atoms with Gasteiger partial charge in [-0.15, -0.1) is 0 Å². The monoisotopic (exact) mass is 357 g/mol. The highest BCUT2D eigenvalue weighted by atomic mass is 79.9. The first-order valence-electron chi connectivity index (χ1n) is 6.00. The van der Waals surface area contributed by atoms with Crippen LogP contribution in [0.3, 0.4) is 0 Å². The molecular formula is C15H14BrCl2N. The van der Waals surface area contributed by atoms with Crippen molar-refractivity contribution in [1.82, 2.24) is 0 Å². The predicted molar refractivity (Wildman–Crippen MR) is 87.4 cm³/mol. The lowest BCUT2D eigenvalue weighted by atomic mass is 10.1. The third-order valence-corrected chi connectivity index (χ3v) is 3.96. The van der Waals surface area contributed by atoms with Gasteiger partial charge in [-0.25, -0.2) is 0 Å². The maximum absolute atomic E-state index is 6.00. The predicted octanol–water partition coefficient (Wildman–Crippen LogP) is 5.80. The van der Waals surface area contributed by atoms with Crippen molar-refractivity contribution in [2.45, 2.75) is 19.4 Å². The molecule has 0 aliphatic heterocycles. The van der Waals surface area contributed by atoms with Crippen LogP contribution >= 0.6 is 39.1 Å². The molecule has 0 amide bonds. The van der Waals surface area contributed by atoms with Gasteiger partial charge in [-0.3, -0.25) is 0 Å². The van der Waals surface area contributed by atoms with Crippen molar-refractivity contribution in [2.75, 3.05) is 5.32 Å². The molecule has 0 spiro atoms. The topological polar surface area (TPSA) is 12.0 Å². The fraction of sp³-hybridized carbons (Fsp3) is 0.200. The number of halogens is 3. The van der Waals surface area contributed by atoms with E-state index in [9.17, 15) is 0 Å². The molecule has 0 aromatic heterocycles. The van der Waals surface area contributed by atoms with Gasteiger partial charge in [-0.05, 0) is 65.2 Å². The number of nitrogens with one attached hydrogen (secondary N) is 1. The Morgan fingerprint density at radius 1 is 1.05 bits per heavy atom. The van der Waals surface area contributed by atoms with E-state index in [1.54, 1.807) is 0 Å². The third-order valence-electron chi connectivity index (χ3n) is 2.79. The molecule has 0 heterocycles. The molecule has 2 aromatic rings. The number of anilines is 1. The molecule has 1 nitrogen and oxygen atoms in total. The van der Waals surface area contributed by atoms with Gasteiger partial charge in [0.2, 0.25) is 0 Å². The first-order valence-corrected chi connectivity index (χ1v) is 7.55. The van der Waals surface area contributed by atoms with Gasteiger partial charge in [-0.1, -0.05) is 35.3 Å². The molecule has 1 N–H and O–H groups in total. The second-order valence-electron chi connectivity index (χ2n) is 4.50. The first-order chi connectivity index (χ1) is 9.04. The molecule has 2 aromatic carbocycles. The Morgan fingerprint density at radius 3 is 2.37 bits per heavy atom. The van der Waals surface area contributed by atoms with Crippen LogP contribution in [0.1, 0.15) is 12.5 Å². The molecule has 2 rings (SSSR count). The molecule has 0 aliphatic rings. The summed E-state index contributed by atoms with van der Waals surface area (Å²) in [5, 5.41) is 4.94. The van der Waals surface area contributed by atoms with Crippen LogP contribution in [0.25, 0.3) is 0 Å². The lowest BCUT2D eigenvalue weighted by Crippen LogP contribution is -2.18. The van der Waals surface area contributed by atoms with E-state index in [0.717, 1.165) is 26.6 Å². The van der Waals surface area contributed by atoms with Crippen molar-refractivity contribution in [1.29, 1.82) is 0 Å². The van der Waals surface area contributed by atoms with E-state index in [1.165, 1.54) is 5.56 Å². The van der Waals surface area contributed by atoms with Crippen LogP contribution in [0.15, 0.2) is 46.9 Å². The molecule has 1 unspecified atom stereocenters. The summed E-state index contributed by atoms with van der Waals surface area (Å²) in [4.78, 5) is 0. The van der Waals surface area contributed by atoms with Gasteiger partial charge in [0.05, 0.1) is 5.69 Å². The Hall–Kier alpha value is -0.700. The smallest absolute Gasteiger partial charge is 0.0501 e. The second-order valence-corrected chi connectivity index (χ2v) is 6.23. The van der Waals surface area contributed by atoms with Crippen molar-refractivity contribution < 1.29 is 0 Å². The van der Waals surface area contributed by atoms with E-state index in [-0.39, 0.29) is 0 Å². The zero-order valence-corrected chi connectivity index (χ0v) is 13.6. The Balaban J connectivity index is 2.02. The van der Waals surface area contributed by atoms with Crippen molar-refractivity contribution in [3.05, 3.63) is 62.5 Å². The van der Waals surface area contributed by atoms with Gasteiger partial charge in [0.25, 0.3) is 0 Å². The van der Waals surface area contributed by atoms with Crippen molar-refractivity contribution in [3.63, 3.8) is 0 Å². The molecule has 0 radical (unpaired) electrons. The molecule has 0 bridgehead atoms. The molecule has 4 heteroatoms. The molecule has 0 saturated carbocycles. The van der Waals surface area contributed by atoms with Crippen molar-refractivity contribution in [2.24, 2.45) is 0 Å². The maximum atomic E-state index is 6.00. The summed E-state index contributed by atoms with van der Waals surface area (Å²) >= 11 is 15.4. The summed E-state index contributed by atoms with van der Waals surface area (Å²) < 4.78 is 1.01. The van der Waals surface area contributed by atoms with E-state index < -0.39 is 0 Å². The van der Waals surface area contributed by atoms with E-state index >= 15 is 0 Å². The quantitative estimate of drug-likeness (QED) is 0.728. The molecule has 100 valence electrons. The van der Waals surface area contributed by atoms with Crippen molar-refractivity contribution in [3.8, 4) is 0 Å². The van der Waals surface area contributed by atoms with E-state index in [4.69, 9.17) is 23.2 Å². The summed E-state index contributed by atoms with van der Waals surface area (Å²) in [6.07, 6.45) is 0.927. The molecular weight excluding hydrogens is 345 g/mol. The minimum atomic E-state index is 0.302. The summed E-state index contributed by atoms with van der Waals surface area (Å²) in [6.45, 7) is 2.14. The van der Waals surface area contributed by atoms with E-state index in [1.807, 2.05) is 42.5 Å². The van der Waals surface area contributed by atoms with Crippen LogP contribution < -0.4 is 5.32 Å². The Bertz CT molecular complexity index is 555. The van der Waals surface area contributed by atoms with E-state index in [0.29, 0.717) is 6.04 Å². The maximum Gasteiger partial charge on any atom is 0.0501 e. The van der Waals surface area contributed by atoms with Gasteiger partial charge >= 0.3 is 0 Å². The van der Waals surface area contributed by atoms with Crippen LogP contribution in [0.5, 0.6) is 0 Å². The van der Waals surface area contributed by atoms with Crippen LogP contribution in [-0.4, -0.2) is 6.04 Å². The SMILES string of the molecule is CC(Cc1ccc(Cl)cc1)Nc1cc(Cl)ccc1Br. The lowest BCUT2D eigenvalue weighted by molar-refractivity contribution is 0.790. The van der Waals surface area contributed by atoms with Gasteiger partial charge in [0, 0.05) is 20.6 Å². The van der Waals surface area contributed by atoms with Crippen LogP contribution in [-0.2, 0) is 6.42 Å². The third kappa shape index (κ3) is 4.41. The first kappa shape index (κ1) is 14.7.